The van der Waals surface area contributed by atoms with Crippen LogP contribution in [0.15, 0.2) is 137 Å². The number of aromatic nitrogens is 2. The first-order chi connectivity index (χ1) is 19.9. The zero-order valence-electron chi connectivity index (χ0n) is 21.5. The molecule has 0 aliphatic carbocycles. The van der Waals surface area contributed by atoms with Crippen molar-refractivity contribution in [1.82, 2.24) is 9.13 Å². The number of nitrogens with zero attached hydrogens (tertiary/aromatic N) is 2. The number of fused-ring (bicyclic) bond motifs is 11. The molecule has 4 heteroatoms. The number of rotatable bonds is 1. The molecule has 0 atom stereocenters. The van der Waals surface area contributed by atoms with Crippen LogP contribution >= 0.6 is 11.8 Å². The summed E-state index contributed by atoms with van der Waals surface area (Å²) in [5.41, 5.74) is 11.9. The molecule has 2 aliphatic rings. The second-order valence-corrected chi connectivity index (χ2v) is 12.0. The van der Waals surface area contributed by atoms with Crippen molar-refractivity contribution in [2.24, 2.45) is 0 Å². The number of hydrogen-bond donors (Lipinski definition) is 0. The van der Waals surface area contributed by atoms with E-state index in [0.29, 0.717) is 0 Å². The highest BCUT2D eigenvalue weighted by atomic mass is 32.2. The molecule has 0 unspecified atom stereocenters. The van der Waals surface area contributed by atoms with Crippen molar-refractivity contribution in [2.75, 3.05) is 0 Å². The van der Waals surface area contributed by atoms with E-state index in [-0.39, 0.29) is 6.71 Å². The Balaban J connectivity index is 1.53. The van der Waals surface area contributed by atoms with Gasteiger partial charge in [-0.25, -0.2) is 0 Å². The first kappa shape index (κ1) is 21.2. The molecule has 0 saturated carbocycles. The van der Waals surface area contributed by atoms with E-state index in [1.54, 1.807) is 0 Å². The van der Waals surface area contributed by atoms with Crippen molar-refractivity contribution in [2.45, 2.75) is 9.79 Å². The maximum absolute atomic E-state index is 2.55. The van der Waals surface area contributed by atoms with Crippen LogP contribution in [0, 0.1) is 0 Å². The monoisotopic (exact) mass is 524 g/mol. The highest BCUT2D eigenvalue weighted by molar-refractivity contribution is 8.00. The fourth-order valence-electron chi connectivity index (χ4n) is 7.49. The van der Waals surface area contributed by atoms with E-state index in [1.165, 1.54) is 81.2 Å². The molecule has 184 valence electrons. The van der Waals surface area contributed by atoms with Gasteiger partial charge in [-0.2, -0.15) is 0 Å². The van der Waals surface area contributed by atoms with Crippen LogP contribution in [0.2, 0.25) is 0 Å². The quantitative estimate of drug-likeness (QED) is 0.207. The molecule has 0 fully saturated rings. The van der Waals surface area contributed by atoms with Gasteiger partial charge < -0.3 is 9.13 Å². The third-order valence-corrected chi connectivity index (χ3v) is 10.1. The van der Waals surface area contributed by atoms with Crippen molar-refractivity contribution in [3.63, 3.8) is 0 Å². The summed E-state index contributed by atoms with van der Waals surface area (Å²) >= 11 is 1.91. The molecule has 0 bridgehead atoms. The van der Waals surface area contributed by atoms with Crippen molar-refractivity contribution in [1.29, 1.82) is 0 Å². The molecule has 0 saturated heterocycles. The van der Waals surface area contributed by atoms with Gasteiger partial charge in [0.15, 0.2) is 0 Å². The Labute approximate surface area is 235 Å². The molecule has 6 aromatic carbocycles. The Morgan fingerprint density at radius 3 is 2.08 bits per heavy atom. The summed E-state index contributed by atoms with van der Waals surface area (Å²) in [7, 11) is 0. The molecular formula is C36H21BN2S. The predicted molar refractivity (Wildman–Crippen MR) is 170 cm³/mol. The molecule has 0 spiro atoms. The van der Waals surface area contributed by atoms with E-state index < -0.39 is 0 Å². The second-order valence-electron chi connectivity index (χ2n) is 10.9. The molecule has 0 amide bonds. The molecule has 4 heterocycles. The lowest BCUT2D eigenvalue weighted by Gasteiger charge is -2.33. The van der Waals surface area contributed by atoms with Crippen LogP contribution in [0.4, 0.5) is 0 Å². The van der Waals surface area contributed by atoms with Gasteiger partial charge in [0.1, 0.15) is 0 Å². The van der Waals surface area contributed by atoms with Crippen LogP contribution in [0.25, 0.3) is 55.0 Å². The standard InChI is InChI=1S/C36H21BN2S/c1-2-11-22(12-3-1)38-28-17-8-5-14-24(28)33-30(38)21-25-23-13-4-7-16-27(23)39-29-18-10-20-32-34(29)37(35(33)36(25)39)26-15-6-9-19-31(26)40-32/h1-21H. The fourth-order valence-corrected chi connectivity index (χ4v) is 8.66. The molecule has 0 N–H and O–H groups in total. The summed E-state index contributed by atoms with van der Waals surface area (Å²) in [6.07, 6.45) is 0. The van der Waals surface area contributed by atoms with Crippen molar-refractivity contribution >= 4 is 78.5 Å². The van der Waals surface area contributed by atoms with Gasteiger partial charge in [-0.1, -0.05) is 96.1 Å². The maximum atomic E-state index is 2.55. The lowest BCUT2D eigenvalue weighted by atomic mass is 9.34. The number of hydrogen-bond acceptors (Lipinski definition) is 1. The summed E-state index contributed by atoms with van der Waals surface area (Å²) in [4.78, 5) is 2.72. The van der Waals surface area contributed by atoms with Gasteiger partial charge in [-0.3, -0.25) is 0 Å². The molecule has 40 heavy (non-hydrogen) atoms. The largest absolute Gasteiger partial charge is 0.310 e. The zero-order chi connectivity index (χ0) is 25.9. The normalized spacial score (nSPS) is 13.3. The van der Waals surface area contributed by atoms with Crippen molar-refractivity contribution in [3.8, 4) is 11.4 Å². The minimum Gasteiger partial charge on any atom is -0.310 e. The smallest absolute Gasteiger partial charge is 0.250 e. The Bertz CT molecular complexity index is 2360. The Hall–Kier alpha value is -4.67. The topological polar surface area (TPSA) is 9.86 Å². The fraction of sp³-hybridized carbons (Fsp3) is 0. The van der Waals surface area contributed by atoms with Gasteiger partial charge in [0, 0.05) is 42.7 Å². The van der Waals surface area contributed by atoms with Crippen LogP contribution in [0.5, 0.6) is 0 Å². The third-order valence-electron chi connectivity index (χ3n) is 8.96. The van der Waals surface area contributed by atoms with E-state index in [2.05, 4.69) is 137 Å². The summed E-state index contributed by atoms with van der Waals surface area (Å²) in [6.45, 7) is 0.168. The Morgan fingerprint density at radius 2 is 1.20 bits per heavy atom. The summed E-state index contributed by atoms with van der Waals surface area (Å²) in [5.74, 6) is 0. The SMILES string of the molecule is c1ccc(-n2c3ccccc3c3c4c5c(cc32)c2ccccc2n5-c2cccc3c2B4c2ccccc2S3)cc1. The highest BCUT2D eigenvalue weighted by Crippen LogP contribution is 2.42. The van der Waals surface area contributed by atoms with Gasteiger partial charge in [0.25, 0.3) is 6.71 Å². The summed E-state index contributed by atoms with van der Waals surface area (Å²) in [5, 5.41) is 5.31. The minimum atomic E-state index is 0.168. The average Bonchev–Trinajstić information content (AvgIpc) is 3.53. The van der Waals surface area contributed by atoms with Crippen LogP contribution in [-0.4, -0.2) is 15.8 Å². The molecule has 8 aromatic rings. The molecule has 2 aromatic heterocycles. The Kier molecular flexibility index (Phi) is 3.97. The summed E-state index contributed by atoms with van der Waals surface area (Å²) in [6, 6.07) is 47.1. The first-order valence-electron chi connectivity index (χ1n) is 13.8. The first-order valence-corrected chi connectivity index (χ1v) is 14.6. The van der Waals surface area contributed by atoms with Crippen LogP contribution in [0.1, 0.15) is 0 Å². The van der Waals surface area contributed by atoms with Gasteiger partial charge >= 0.3 is 0 Å². The van der Waals surface area contributed by atoms with Crippen LogP contribution < -0.4 is 16.4 Å². The zero-order valence-corrected chi connectivity index (χ0v) is 22.3. The highest BCUT2D eigenvalue weighted by Gasteiger charge is 2.41. The average molecular weight is 524 g/mol. The van der Waals surface area contributed by atoms with Gasteiger partial charge in [-0.15, -0.1) is 0 Å². The van der Waals surface area contributed by atoms with Gasteiger partial charge in [-0.05, 0) is 59.5 Å². The van der Waals surface area contributed by atoms with Crippen molar-refractivity contribution < 1.29 is 0 Å². The van der Waals surface area contributed by atoms with Crippen LogP contribution in [0.3, 0.4) is 0 Å². The molecule has 10 rings (SSSR count). The Morgan fingerprint density at radius 1 is 0.500 bits per heavy atom. The van der Waals surface area contributed by atoms with E-state index in [1.807, 2.05) is 11.8 Å². The molecule has 2 nitrogen and oxygen atoms in total. The van der Waals surface area contributed by atoms with Gasteiger partial charge in [0.2, 0.25) is 0 Å². The second kappa shape index (κ2) is 7.50. The maximum Gasteiger partial charge on any atom is 0.250 e. The molecular weight excluding hydrogens is 503 g/mol. The van der Waals surface area contributed by atoms with Crippen LogP contribution in [-0.2, 0) is 0 Å². The number of para-hydroxylation sites is 3. The van der Waals surface area contributed by atoms with Crippen molar-refractivity contribution in [3.05, 3.63) is 127 Å². The van der Waals surface area contributed by atoms with E-state index in [4.69, 9.17) is 0 Å². The lowest BCUT2D eigenvalue weighted by molar-refractivity contribution is 1.17. The third kappa shape index (κ3) is 2.49. The summed E-state index contributed by atoms with van der Waals surface area (Å²) < 4.78 is 5.02. The molecule has 2 aliphatic heterocycles. The number of benzene rings is 6. The van der Waals surface area contributed by atoms with E-state index >= 15 is 0 Å². The molecule has 0 radical (unpaired) electrons. The minimum absolute atomic E-state index is 0.168. The lowest BCUT2D eigenvalue weighted by Crippen LogP contribution is -2.58. The van der Waals surface area contributed by atoms with Gasteiger partial charge in [0.05, 0.1) is 22.1 Å². The predicted octanol–water partition coefficient (Wildman–Crippen LogP) is 7.18. The van der Waals surface area contributed by atoms with E-state index in [0.717, 1.165) is 0 Å². The van der Waals surface area contributed by atoms with E-state index in [9.17, 15) is 0 Å².